The van der Waals surface area contributed by atoms with E-state index in [4.69, 9.17) is 4.74 Å². The molecule has 0 aliphatic carbocycles. The fourth-order valence-electron chi connectivity index (χ4n) is 3.15. The molecule has 4 heteroatoms. The van der Waals surface area contributed by atoms with Gasteiger partial charge in [0.2, 0.25) is 5.91 Å². The molecule has 0 bridgehead atoms. The SMILES string of the molecule is C=CCCOC(C)C(=O)NC1CC(C)(C)NC(C)(C)C1. The number of carbonyl (C=O) groups excluding carboxylic acids is 1. The van der Waals surface area contributed by atoms with Gasteiger partial charge in [-0.2, -0.15) is 0 Å². The Kier molecular flexibility index (Phi) is 5.78. The van der Waals surface area contributed by atoms with Crippen LogP contribution in [0.25, 0.3) is 0 Å². The predicted octanol–water partition coefficient (Wildman–Crippen LogP) is 2.39. The van der Waals surface area contributed by atoms with Gasteiger partial charge in [-0.25, -0.2) is 0 Å². The van der Waals surface area contributed by atoms with Crippen molar-refractivity contribution in [2.45, 2.75) is 77.1 Å². The van der Waals surface area contributed by atoms with Gasteiger partial charge in [0.05, 0.1) is 6.61 Å². The molecule has 1 rings (SSSR count). The lowest BCUT2D eigenvalue weighted by Gasteiger charge is -2.46. The third-order valence-electron chi connectivity index (χ3n) is 3.60. The summed E-state index contributed by atoms with van der Waals surface area (Å²) in [6, 6.07) is 0.194. The highest BCUT2D eigenvalue weighted by Crippen LogP contribution is 2.28. The Labute approximate surface area is 123 Å². The summed E-state index contributed by atoms with van der Waals surface area (Å²) < 4.78 is 5.49. The Balaban J connectivity index is 2.50. The van der Waals surface area contributed by atoms with Crippen molar-refractivity contribution < 1.29 is 9.53 Å². The molecule has 1 aliphatic heterocycles. The summed E-state index contributed by atoms with van der Waals surface area (Å²) in [6.07, 6.45) is 4.02. The van der Waals surface area contributed by atoms with Crippen molar-refractivity contribution in [3.05, 3.63) is 12.7 Å². The average Bonchev–Trinajstić information content (AvgIpc) is 2.24. The summed E-state index contributed by atoms with van der Waals surface area (Å²) in [4.78, 5) is 12.1. The molecule has 2 N–H and O–H groups in total. The maximum atomic E-state index is 12.1. The van der Waals surface area contributed by atoms with Crippen molar-refractivity contribution >= 4 is 5.91 Å². The standard InChI is InChI=1S/C16H30N2O2/c1-7-8-9-20-12(2)14(19)17-13-10-15(3,4)18-16(5,6)11-13/h7,12-13,18H,1,8-11H2,2-6H3,(H,17,19). The quantitative estimate of drug-likeness (QED) is 0.581. The Bertz CT molecular complexity index is 334. The minimum absolute atomic E-state index is 0.0208. The molecule has 0 aromatic heterocycles. The van der Waals surface area contributed by atoms with Crippen LogP contribution in [0.3, 0.4) is 0 Å². The number of hydrogen-bond acceptors (Lipinski definition) is 3. The third-order valence-corrected chi connectivity index (χ3v) is 3.60. The van der Waals surface area contributed by atoms with Crippen LogP contribution in [0.5, 0.6) is 0 Å². The molecule has 0 spiro atoms. The van der Waals surface area contributed by atoms with Gasteiger partial charge in [-0.3, -0.25) is 4.79 Å². The fourth-order valence-corrected chi connectivity index (χ4v) is 3.15. The average molecular weight is 282 g/mol. The van der Waals surface area contributed by atoms with E-state index in [0.717, 1.165) is 19.3 Å². The topological polar surface area (TPSA) is 50.4 Å². The zero-order chi connectivity index (χ0) is 15.4. The molecule has 20 heavy (non-hydrogen) atoms. The van der Waals surface area contributed by atoms with Gasteiger partial charge in [-0.05, 0) is 53.9 Å². The first-order valence-corrected chi connectivity index (χ1v) is 7.47. The smallest absolute Gasteiger partial charge is 0.249 e. The zero-order valence-corrected chi connectivity index (χ0v) is 13.6. The molecular formula is C16H30N2O2. The number of carbonyl (C=O) groups is 1. The van der Waals surface area contributed by atoms with Gasteiger partial charge in [0.15, 0.2) is 0 Å². The highest BCUT2D eigenvalue weighted by Gasteiger charge is 2.38. The van der Waals surface area contributed by atoms with E-state index in [1.165, 1.54) is 0 Å². The minimum Gasteiger partial charge on any atom is -0.368 e. The first kappa shape index (κ1) is 17.2. The van der Waals surface area contributed by atoms with Crippen LogP contribution in [0.1, 0.15) is 53.9 Å². The van der Waals surface area contributed by atoms with Gasteiger partial charge in [-0.1, -0.05) is 6.08 Å². The van der Waals surface area contributed by atoms with Crippen LogP contribution in [0.2, 0.25) is 0 Å². The summed E-state index contributed by atoms with van der Waals surface area (Å²) in [6.45, 7) is 14.7. The van der Waals surface area contributed by atoms with Crippen LogP contribution in [-0.4, -0.2) is 35.7 Å². The summed E-state index contributed by atoms with van der Waals surface area (Å²) >= 11 is 0. The van der Waals surface area contributed by atoms with Crippen molar-refractivity contribution in [1.29, 1.82) is 0 Å². The number of rotatable bonds is 6. The number of ether oxygens (including phenoxy) is 1. The van der Waals surface area contributed by atoms with E-state index in [1.807, 2.05) is 0 Å². The molecule has 1 heterocycles. The van der Waals surface area contributed by atoms with Crippen LogP contribution in [0.15, 0.2) is 12.7 Å². The molecule has 1 saturated heterocycles. The van der Waals surface area contributed by atoms with E-state index in [9.17, 15) is 4.79 Å². The van der Waals surface area contributed by atoms with E-state index in [1.54, 1.807) is 13.0 Å². The van der Waals surface area contributed by atoms with Crippen molar-refractivity contribution in [1.82, 2.24) is 10.6 Å². The second kappa shape index (κ2) is 6.72. The molecule has 4 nitrogen and oxygen atoms in total. The number of amides is 1. The first-order valence-electron chi connectivity index (χ1n) is 7.47. The van der Waals surface area contributed by atoms with Gasteiger partial charge in [0, 0.05) is 17.1 Å². The highest BCUT2D eigenvalue weighted by atomic mass is 16.5. The second-order valence-corrected chi connectivity index (χ2v) is 7.10. The van der Waals surface area contributed by atoms with Crippen LogP contribution >= 0.6 is 0 Å². The Morgan fingerprint density at radius 2 is 1.95 bits per heavy atom. The summed E-state index contributed by atoms with van der Waals surface area (Å²) in [5.74, 6) is -0.0208. The van der Waals surface area contributed by atoms with Crippen LogP contribution in [-0.2, 0) is 9.53 Å². The maximum Gasteiger partial charge on any atom is 0.249 e. The van der Waals surface area contributed by atoms with Gasteiger partial charge >= 0.3 is 0 Å². The summed E-state index contributed by atoms with van der Waals surface area (Å²) in [5.41, 5.74) is 0.0687. The lowest BCUT2D eigenvalue weighted by atomic mass is 9.79. The Morgan fingerprint density at radius 1 is 1.40 bits per heavy atom. The second-order valence-electron chi connectivity index (χ2n) is 7.10. The van der Waals surface area contributed by atoms with E-state index >= 15 is 0 Å². The molecular weight excluding hydrogens is 252 g/mol. The van der Waals surface area contributed by atoms with Gasteiger partial charge in [0.25, 0.3) is 0 Å². The van der Waals surface area contributed by atoms with Gasteiger partial charge < -0.3 is 15.4 Å². The van der Waals surface area contributed by atoms with Crippen LogP contribution < -0.4 is 10.6 Å². The van der Waals surface area contributed by atoms with E-state index in [-0.39, 0.29) is 23.0 Å². The number of piperidine rings is 1. The van der Waals surface area contributed by atoms with Crippen LogP contribution in [0, 0.1) is 0 Å². The third kappa shape index (κ3) is 5.63. The maximum absolute atomic E-state index is 12.1. The first-order chi connectivity index (χ1) is 9.15. The predicted molar refractivity (Wildman–Crippen MR) is 82.7 cm³/mol. The molecule has 1 fully saturated rings. The number of nitrogens with one attached hydrogen (secondary N) is 2. The Morgan fingerprint density at radius 3 is 2.45 bits per heavy atom. The van der Waals surface area contributed by atoms with Crippen molar-refractivity contribution in [3.8, 4) is 0 Å². The molecule has 1 amide bonds. The van der Waals surface area contributed by atoms with Gasteiger partial charge in [-0.15, -0.1) is 6.58 Å². The monoisotopic (exact) mass is 282 g/mol. The van der Waals surface area contributed by atoms with E-state index in [0.29, 0.717) is 6.61 Å². The van der Waals surface area contributed by atoms with Crippen LogP contribution in [0.4, 0.5) is 0 Å². The molecule has 0 saturated carbocycles. The molecule has 116 valence electrons. The van der Waals surface area contributed by atoms with Crippen molar-refractivity contribution in [2.24, 2.45) is 0 Å². The molecule has 1 aliphatic rings. The lowest BCUT2D eigenvalue weighted by molar-refractivity contribution is -0.133. The highest BCUT2D eigenvalue weighted by molar-refractivity contribution is 5.80. The molecule has 1 atom stereocenters. The van der Waals surface area contributed by atoms with E-state index < -0.39 is 6.10 Å². The fraction of sp³-hybridized carbons (Fsp3) is 0.812. The van der Waals surface area contributed by atoms with Crippen molar-refractivity contribution in [2.75, 3.05) is 6.61 Å². The van der Waals surface area contributed by atoms with Gasteiger partial charge in [0.1, 0.15) is 6.10 Å². The minimum atomic E-state index is -0.406. The summed E-state index contributed by atoms with van der Waals surface area (Å²) in [7, 11) is 0. The molecule has 1 unspecified atom stereocenters. The lowest BCUT2D eigenvalue weighted by Crippen LogP contribution is -2.62. The normalized spacial score (nSPS) is 23.1. The van der Waals surface area contributed by atoms with Crippen molar-refractivity contribution in [3.63, 3.8) is 0 Å². The molecule has 0 aromatic rings. The molecule has 0 radical (unpaired) electrons. The Hall–Kier alpha value is -0.870. The van der Waals surface area contributed by atoms with E-state index in [2.05, 4.69) is 44.9 Å². The summed E-state index contributed by atoms with van der Waals surface area (Å²) in [5, 5.41) is 6.74. The largest absolute Gasteiger partial charge is 0.368 e. The molecule has 0 aromatic carbocycles. The number of hydrogen-bond donors (Lipinski definition) is 2. The zero-order valence-electron chi connectivity index (χ0n) is 13.6.